The maximum Gasteiger partial charge on any atom is 0.137 e. The molecule has 1 nitrogen and oxygen atoms in total. The van der Waals surface area contributed by atoms with Crippen LogP contribution in [0.3, 0.4) is 0 Å². The second-order valence-corrected chi connectivity index (χ2v) is 5.83. The number of benzene rings is 1. The summed E-state index contributed by atoms with van der Waals surface area (Å²) >= 11 is 1.97. The number of halogens is 1. The van der Waals surface area contributed by atoms with Crippen LogP contribution in [0, 0.1) is 11.7 Å². The van der Waals surface area contributed by atoms with Crippen LogP contribution in [-0.4, -0.2) is 17.3 Å². The van der Waals surface area contributed by atoms with Crippen molar-refractivity contribution in [3.05, 3.63) is 35.6 Å². The van der Waals surface area contributed by atoms with Gasteiger partial charge in [0.15, 0.2) is 0 Å². The molecule has 1 aliphatic rings. The zero-order valence-electron chi connectivity index (χ0n) is 9.82. The lowest BCUT2D eigenvalue weighted by Crippen LogP contribution is -2.15. The van der Waals surface area contributed by atoms with Gasteiger partial charge in [-0.2, -0.15) is 11.8 Å². The number of carbonyl (C=O) groups is 1. The van der Waals surface area contributed by atoms with Gasteiger partial charge in [-0.05, 0) is 48.0 Å². The molecule has 3 heteroatoms. The van der Waals surface area contributed by atoms with Gasteiger partial charge in [-0.25, -0.2) is 4.39 Å². The van der Waals surface area contributed by atoms with Crippen LogP contribution in [0.4, 0.5) is 4.39 Å². The molecule has 0 radical (unpaired) electrons. The molecule has 0 bridgehead atoms. The molecular formula is C14H17FOS. The number of hydrogen-bond donors (Lipinski definition) is 0. The van der Waals surface area contributed by atoms with Gasteiger partial charge >= 0.3 is 0 Å². The van der Waals surface area contributed by atoms with Gasteiger partial charge in [-0.3, -0.25) is 4.79 Å². The lowest BCUT2D eigenvalue weighted by Gasteiger charge is -2.20. The number of rotatable bonds is 4. The van der Waals surface area contributed by atoms with Crippen LogP contribution < -0.4 is 0 Å². The third kappa shape index (κ3) is 4.15. The van der Waals surface area contributed by atoms with Crippen LogP contribution in [-0.2, 0) is 11.2 Å². The molecule has 1 saturated heterocycles. The van der Waals surface area contributed by atoms with Crippen molar-refractivity contribution in [2.75, 3.05) is 11.5 Å². The van der Waals surface area contributed by atoms with Crippen molar-refractivity contribution in [2.24, 2.45) is 5.92 Å². The summed E-state index contributed by atoms with van der Waals surface area (Å²) in [5.74, 6) is 2.89. The number of carbonyl (C=O) groups excluding carboxylic acids is 1. The number of thioether (sulfide) groups is 1. The first-order chi connectivity index (χ1) is 8.24. The Morgan fingerprint density at radius 3 is 2.82 bits per heavy atom. The van der Waals surface area contributed by atoms with Crippen LogP contribution in [0.2, 0.25) is 0 Å². The van der Waals surface area contributed by atoms with E-state index in [1.807, 2.05) is 17.8 Å². The molecule has 0 unspecified atom stereocenters. The summed E-state index contributed by atoms with van der Waals surface area (Å²) in [7, 11) is 0. The summed E-state index contributed by atoms with van der Waals surface area (Å²) in [6, 6.07) is 6.34. The number of ketones is 1. The second kappa shape index (κ2) is 6.20. The van der Waals surface area contributed by atoms with Crippen LogP contribution in [0.15, 0.2) is 24.3 Å². The fourth-order valence-electron chi connectivity index (χ4n) is 2.22. The Bertz CT molecular complexity index is 386. The molecule has 1 aliphatic heterocycles. The smallest absolute Gasteiger partial charge is 0.137 e. The molecule has 1 heterocycles. The summed E-state index contributed by atoms with van der Waals surface area (Å²) in [6.07, 6.45) is 3.34. The van der Waals surface area contributed by atoms with Crippen LogP contribution >= 0.6 is 11.8 Å². The van der Waals surface area contributed by atoms with E-state index in [4.69, 9.17) is 0 Å². The fourth-order valence-corrected chi connectivity index (χ4v) is 3.42. The Morgan fingerprint density at radius 1 is 1.35 bits per heavy atom. The quantitative estimate of drug-likeness (QED) is 0.816. The van der Waals surface area contributed by atoms with E-state index in [2.05, 4.69) is 0 Å². The van der Waals surface area contributed by atoms with Gasteiger partial charge in [0.1, 0.15) is 11.6 Å². The van der Waals surface area contributed by atoms with Gasteiger partial charge in [-0.15, -0.1) is 0 Å². The predicted molar refractivity (Wildman–Crippen MR) is 69.8 cm³/mol. The van der Waals surface area contributed by atoms with E-state index in [9.17, 15) is 9.18 Å². The lowest BCUT2D eigenvalue weighted by atomic mass is 9.94. The molecule has 0 atom stereocenters. The van der Waals surface area contributed by atoms with Gasteiger partial charge in [-0.1, -0.05) is 12.1 Å². The highest BCUT2D eigenvalue weighted by Gasteiger charge is 2.17. The average Bonchev–Trinajstić information content (AvgIpc) is 2.30. The molecule has 0 amide bonds. The molecule has 1 aromatic rings. The zero-order chi connectivity index (χ0) is 12.1. The average molecular weight is 252 g/mol. The SMILES string of the molecule is O=C(Cc1cccc(F)c1)CC1CCSCC1. The summed E-state index contributed by atoms with van der Waals surface area (Å²) in [6.45, 7) is 0. The van der Waals surface area contributed by atoms with E-state index < -0.39 is 0 Å². The molecule has 0 N–H and O–H groups in total. The molecule has 2 rings (SSSR count). The summed E-state index contributed by atoms with van der Waals surface area (Å²) in [5.41, 5.74) is 0.792. The van der Waals surface area contributed by atoms with E-state index in [-0.39, 0.29) is 11.6 Å². The van der Waals surface area contributed by atoms with Crippen LogP contribution in [0.5, 0.6) is 0 Å². The monoisotopic (exact) mass is 252 g/mol. The standard InChI is InChI=1S/C14H17FOS/c15-13-3-1-2-12(8-13)10-14(16)9-11-4-6-17-7-5-11/h1-3,8,11H,4-7,9-10H2. The topological polar surface area (TPSA) is 17.1 Å². The van der Waals surface area contributed by atoms with Crippen molar-refractivity contribution in [1.29, 1.82) is 0 Å². The van der Waals surface area contributed by atoms with Gasteiger partial charge in [0.25, 0.3) is 0 Å². The van der Waals surface area contributed by atoms with Crippen molar-refractivity contribution in [3.8, 4) is 0 Å². The van der Waals surface area contributed by atoms with Crippen molar-refractivity contribution in [1.82, 2.24) is 0 Å². The largest absolute Gasteiger partial charge is 0.299 e. The minimum Gasteiger partial charge on any atom is -0.299 e. The first kappa shape index (κ1) is 12.6. The normalized spacial score (nSPS) is 17.0. The first-order valence-corrected chi connectivity index (χ1v) is 7.23. The van der Waals surface area contributed by atoms with E-state index >= 15 is 0 Å². The van der Waals surface area contributed by atoms with E-state index in [1.54, 1.807) is 6.07 Å². The minimum atomic E-state index is -0.260. The Balaban J connectivity index is 1.84. The highest BCUT2D eigenvalue weighted by Crippen LogP contribution is 2.25. The molecule has 0 saturated carbocycles. The van der Waals surface area contributed by atoms with Crippen LogP contribution in [0.25, 0.3) is 0 Å². The summed E-state index contributed by atoms with van der Waals surface area (Å²) in [4.78, 5) is 11.9. The lowest BCUT2D eigenvalue weighted by molar-refractivity contribution is -0.119. The maximum atomic E-state index is 13.0. The van der Waals surface area contributed by atoms with Gasteiger partial charge < -0.3 is 0 Å². The predicted octanol–water partition coefficient (Wildman–Crippen LogP) is 3.47. The third-order valence-corrected chi connectivity index (χ3v) is 4.20. The molecule has 17 heavy (non-hydrogen) atoms. The molecule has 0 aromatic heterocycles. The van der Waals surface area contributed by atoms with Gasteiger partial charge in [0.2, 0.25) is 0 Å². The van der Waals surface area contributed by atoms with Crippen molar-refractivity contribution in [3.63, 3.8) is 0 Å². The van der Waals surface area contributed by atoms with E-state index in [0.29, 0.717) is 18.8 Å². The van der Waals surface area contributed by atoms with Gasteiger partial charge in [0.05, 0.1) is 0 Å². The summed E-state index contributed by atoms with van der Waals surface area (Å²) < 4.78 is 13.0. The second-order valence-electron chi connectivity index (χ2n) is 4.61. The fraction of sp³-hybridized carbons (Fsp3) is 0.500. The highest BCUT2D eigenvalue weighted by molar-refractivity contribution is 7.99. The van der Waals surface area contributed by atoms with Crippen molar-refractivity contribution >= 4 is 17.5 Å². The Labute approximate surface area is 106 Å². The third-order valence-electron chi connectivity index (χ3n) is 3.15. The number of Topliss-reactive ketones (excluding diaryl/α,β-unsaturated/α-hetero) is 1. The summed E-state index contributed by atoms with van der Waals surface area (Å²) in [5, 5.41) is 0. The number of hydrogen-bond acceptors (Lipinski definition) is 2. The zero-order valence-corrected chi connectivity index (χ0v) is 10.6. The Hall–Kier alpha value is -0.830. The molecule has 92 valence electrons. The minimum absolute atomic E-state index is 0.243. The molecule has 1 fully saturated rings. The Morgan fingerprint density at radius 2 is 2.12 bits per heavy atom. The van der Waals surface area contributed by atoms with Crippen molar-refractivity contribution < 1.29 is 9.18 Å². The van der Waals surface area contributed by atoms with E-state index in [1.165, 1.54) is 23.6 Å². The van der Waals surface area contributed by atoms with Crippen molar-refractivity contribution in [2.45, 2.75) is 25.7 Å². The molecule has 1 aromatic carbocycles. The first-order valence-electron chi connectivity index (χ1n) is 6.08. The Kier molecular flexibility index (Phi) is 4.60. The van der Waals surface area contributed by atoms with Gasteiger partial charge in [0, 0.05) is 12.8 Å². The molecular weight excluding hydrogens is 235 g/mol. The maximum absolute atomic E-state index is 13.0. The highest BCUT2D eigenvalue weighted by atomic mass is 32.2. The molecule has 0 spiro atoms. The molecule has 0 aliphatic carbocycles. The van der Waals surface area contributed by atoms with E-state index in [0.717, 1.165) is 18.4 Å². The van der Waals surface area contributed by atoms with Crippen LogP contribution in [0.1, 0.15) is 24.8 Å².